The summed E-state index contributed by atoms with van der Waals surface area (Å²) in [7, 11) is 0. The van der Waals surface area contributed by atoms with Gasteiger partial charge in [-0.3, -0.25) is 0 Å². The van der Waals surface area contributed by atoms with Crippen LogP contribution < -0.4 is 4.74 Å². The average molecular weight is 398 g/mol. The maximum absolute atomic E-state index is 13.0. The fourth-order valence-electron chi connectivity index (χ4n) is 1.66. The van der Waals surface area contributed by atoms with Gasteiger partial charge in [0.05, 0.1) is 10.9 Å². The highest BCUT2D eigenvalue weighted by Crippen LogP contribution is 2.34. The van der Waals surface area contributed by atoms with Crippen LogP contribution in [0.4, 0.5) is 4.39 Å². The number of ether oxygens (including phenoxy) is 1. The van der Waals surface area contributed by atoms with Crippen LogP contribution in [0.15, 0.2) is 34.8 Å². The molecule has 0 aliphatic carbocycles. The molecule has 0 N–H and O–H groups in total. The molecule has 2 aromatic rings. The summed E-state index contributed by atoms with van der Waals surface area (Å²) in [6.07, 6.45) is 0. The van der Waals surface area contributed by atoms with Gasteiger partial charge in [0.1, 0.15) is 18.2 Å². The van der Waals surface area contributed by atoms with E-state index in [2.05, 4.69) is 15.9 Å². The summed E-state index contributed by atoms with van der Waals surface area (Å²) in [6.45, 7) is 0.242. The van der Waals surface area contributed by atoms with Crippen molar-refractivity contribution in [1.82, 2.24) is 0 Å². The van der Waals surface area contributed by atoms with E-state index in [0.717, 1.165) is 5.56 Å². The number of rotatable bonds is 4. The van der Waals surface area contributed by atoms with Crippen LogP contribution in [-0.4, -0.2) is 0 Å². The van der Waals surface area contributed by atoms with E-state index < -0.39 is 0 Å². The van der Waals surface area contributed by atoms with Gasteiger partial charge in [0.25, 0.3) is 0 Å². The van der Waals surface area contributed by atoms with Gasteiger partial charge in [0.2, 0.25) is 0 Å². The van der Waals surface area contributed by atoms with E-state index in [1.807, 2.05) is 0 Å². The van der Waals surface area contributed by atoms with Crippen LogP contribution in [0.1, 0.15) is 11.1 Å². The molecule has 0 aliphatic rings. The Labute approximate surface area is 139 Å². The molecular formula is C14H9BrCl3FO. The lowest BCUT2D eigenvalue weighted by molar-refractivity contribution is 0.303. The minimum absolute atomic E-state index is 0.236. The van der Waals surface area contributed by atoms with E-state index in [0.29, 0.717) is 25.8 Å². The van der Waals surface area contributed by atoms with E-state index in [4.69, 9.17) is 39.5 Å². The van der Waals surface area contributed by atoms with Gasteiger partial charge < -0.3 is 4.74 Å². The Morgan fingerprint density at radius 2 is 1.85 bits per heavy atom. The minimum Gasteiger partial charge on any atom is -0.487 e. The van der Waals surface area contributed by atoms with Gasteiger partial charge in [0, 0.05) is 20.6 Å². The van der Waals surface area contributed by atoms with E-state index in [1.54, 1.807) is 18.2 Å². The van der Waals surface area contributed by atoms with E-state index in [-0.39, 0.29) is 18.3 Å². The first-order valence-corrected chi connectivity index (χ1v) is 7.70. The number of hydrogen-bond acceptors (Lipinski definition) is 1. The second-order valence-corrected chi connectivity index (χ2v) is 6.00. The first kappa shape index (κ1) is 15.9. The van der Waals surface area contributed by atoms with Crippen molar-refractivity contribution in [2.75, 3.05) is 0 Å². The number of halogens is 5. The van der Waals surface area contributed by atoms with Crippen LogP contribution in [0.25, 0.3) is 0 Å². The van der Waals surface area contributed by atoms with Crippen molar-refractivity contribution in [3.63, 3.8) is 0 Å². The Morgan fingerprint density at radius 3 is 2.50 bits per heavy atom. The van der Waals surface area contributed by atoms with Gasteiger partial charge in [-0.05, 0) is 24.3 Å². The maximum Gasteiger partial charge on any atom is 0.142 e. The van der Waals surface area contributed by atoms with Gasteiger partial charge in [0.15, 0.2) is 0 Å². The average Bonchev–Trinajstić information content (AvgIpc) is 2.38. The summed E-state index contributed by atoms with van der Waals surface area (Å²) in [5, 5.41) is 0.896. The van der Waals surface area contributed by atoms with Gasteiger partial charge in [-0.2, -0.15) is 0 Å². The first-order chi connectivity index (χ1) is 9.51. The molecule has 0 aromatic heterocycles. The van der Waals surface area contributed by atoms with Crippen LogP contribution in [0, 0.1) is 5.82 Å². The maximum atomic E-state index is 13.0. The number of alkyl halides is 1. The SMILES string of the molecule is Fc1ccc(COc2c(Cl)cc(Cl)cc2CCl)c(Br)c1. The third kappa shape index (κ3) is 3.79. The van der Waals surface area contributed by atoms with E-state index >= 15 is 0 Å². The number of benzene rings is 2. The topological polar surface area (TPSA) is 9.23 Å². The Morgan fingerprint density at radius 1 is 1.10 bits per heavy atom. The molecule has 0 heterocycles. The summed E-state index contributed by atoms with van der Waals surface area (Å²) >= 11 is 21.2. The van der Waals surface area contributed by atoms with Crippen LogP contribution in [0.3, 0.4) is 0 Å². The highest BCUT2D eigenvalue weighted by Gasteiger charge is 2.11. The Bertz CT molecular complexity index is 634. The molecule has 0 aliphatic heterocycles. The highest BCUT2D eigenvalue weighted by molar-refractivity contribution is 9.10. The van der Waals surface area contributed by atoms with Crippen molar-refractivity contribution in [3.05, 3.63) is 61.8 Å². The summed E-state index contributed by atoms with van der Waals surface area (Å²) in [5.74, 6) is 0.411. The predicted octanol–water partition coefficient (Wildman–Crippen LogP) is 6.21. The fourth-order valence-corrected chi connectivity index (χ4v) is 2.92. The van der Waals surface area contributed by atoms with Crippen molar-refractivity contribution in [2.45, 2.75) is 12.5 Å². The fraction of sp³-hybridized carbons (Fsp3) is 0.143. The van der Waals surface area contributed by atoms with Crippen molar-refractivity contribution in [1.29, 1.82) is 0 Å². The van der Waals surface area contributed by atoms with Crippen molar-refractivity contribution in [3.8, 4) is 5.75 Å². The molecule has 0 spiro atoms. The molecule has 2 aromatic carbocycles. The molecule has 0 saturated heterocycles. The van der Waals surface area contributed by atoms with E-state index in [1.165, 1.54) is 12.1 Å². The second-order valence-electron chi connectivity index (χ2n) is 4.03. The van der Waals surface area contributed by atoms with Crippen LogP contribution in [-0.2, 0) is 12.5 Å². The Kier molecular flexibility index (Phi) is 5.56. The normalized spacial score (nSPS) is 10.7. The zero-order valence-electron chi connectivity index (χ0n) is 10.1. The summed E-state index contributed by atoms with van der Waals surface area (Å²) in [6, 6.07) is 7.69. The Balaban J connectivity index is 2.22. The third-order valence-corrected chi connectivity index (χ3v) is 4.14. The summed E-state index contributed by atoms with van der Waals surface area (Å²) < 4.78 is 19.3. The number of hydrogen-bond donors (Lipinski definition) is 0. The van der Waals surface area contributed by atoms with Crippen molar-refractivity contribution < 1.29 is 9.13 Å². The van der Waals surface area contributed by atoms with Crippen LogP contribution >= 0.6 is 50.7 Å². The smallest absolute Gasteiger partial charge is 0.142 e. The first-order valence-electron chi connectivity index (χ1n) is 5.62. The zero-order valence-corrected chi connectivity index (χ0v) is 14.0. The molecule has 1 nitrogen and oxygen atoms in total. The van der Waals surface area contributed by atoms with Crippen molar-refractivity contribution >= 4 is 50.7 Å². The third-order valence-electron chi connectivity index (χ3n) is 2.62. The highest BCUT2D eigenvalue weighted by atomic mass is 79.9. The summed E-state index contributed by atoms with van der Waals surface area (Å²) in [4.78, 5) is 0. The lowest BCUT2D eigenvalue weighted by atomic mass is 10.2. The molecule has 2 rings (SSSR count). The molecule has 0 amide bonds. The summed E-state index contributed by atoms with van der Waals surface area (Å²) in [5.41, 5.74) is 1.51. The molecule has 0 atom stereocenters. The van der Waals surface area contributed by atoms with Gasteiger partial charge >= 0.3 is 0 Å². The Hall–Kier alpha value is -0.480. The van der Waals surface area contributed by atoms with Crippen LogP contribution in [0.2, 0.25) is 10.0 Å². The second kappa shape index (κ2) is 6.99. The molecular weight excluding hydrogens is 389 g/mol. The molecule has 0 bridgehead atoms. The monoisotopic (exact) mass is 396 g/mol. The quantitative estimate of drug-likeness (QED) is 0.556. The molecule has 106 valence electrons. The van der Waals surface area contributed by atoms with Gasteiger partial charge in [-0.15, -0.1) is 11.6 Å². The largest absolute Gasteiger partial charge is 0.487 e. The molecule has 20 heavy (non-hydrogen) atoms. The van der Waals surface area contributed by atoms with Crippen molar-refractivity contribution in [2.24, 2.45) is 0 Å². The zero-order chi connectivity index (χ0) is 14.7. The molecule has 0 radical (unpaired) electrons. The minimum atomic E-state index is -0.313. The molecule has 0 unspecified atom stereocenters. The lowest BCUT2D eigenvalue weighted by Gasteiger charge is -2.13. The van der Waals surface area contributed by atoms with Crippen LogP contribution in [0.5, 0.6) is 5.75 Å². The lowest BCUT2D eigenvalue weighted by Crippen LogP contribution is -2.00. The standard InChI is InChI=1S/C14H9BrCl3FO/c15-12-5-11(19)2-1-8(12)7-20-14-9(6-16)3-10(17)4-13(14)18/h1-5H,6-7H2. The van der Waals surface area contributed by atoms with E-state index in [9.17, 15) is 4.39 Å². The van der Waals surface area contributed by atoms with Gasteiger partial charge in [-0.1, -0.05) is 45.2 Å². The molecule has 0 saturated carbocycles. The molecule has 6 heteroatoms. The molecule has 0 fully saturated rings. The van der Waals surface area contributed by atoms with Gasteiger partial charge in [-0.25, -0.2) is 4.39 Å². The predicted molar refractivity (Wildman–Crippen MR) is 84.5 cm³/mol.